The molecule has 0 spiro atoms. The van der Waals surface area contributed by atoms with Crippen molar-refractivity contribution >= 4 is 28.7 Å². The molecule has 0 bridgehead atoms. The van der Waals surface area contributed by atoms with Gasteiger partial charge in [0.25, 0.3) is 0 Å². The smallest absolute Gasteiger partial charge is 0.227 e. The molecule has 3 rings (SSSR count). The van der Waals surface area contributed by atoms with Crippen molar-refractivity contribution in [3.63, 3.8) is 0 Å². The van der Waals surface area contributed by atoms with E-state index in [2.05, 4.69) is 37.3 Å². The van der Waals surface area contributed by atoms with E-state index in [9.17, 15) is 0 Å². The number of rotatable bonds is 4. The van der Waals surface area contributed by atoms with E-state index < -0.39 is 0 Å². The Balaban J connectivity index is 1.82. The number of nitrogens with zero attached hydrogens (tertiary/aromatic N) is 4. The van der Waals surface area contributed by atoms with Crippen molar-refractivity contribution in [3.8, 4) is 10.6 Å². The minimum Gasteiger partial charge on any atom is -0.378 e. The Labute approximate surface area is 133 Å². The number of aromatic nitrogens is 3. The highest BCUT2D eigenvalue weighted by Gasteiger charge is 2.08. The van der Waals surface area contributed by atoms with E-state index in [0.717, 1.165) is 27.6 Å². The summed E-state index contributed by atoms with van der Waals surface area (Å²) < 4.78 is 0. The van der Waals surface area contributed by atoms with Crippen molar-refractivity contribution < 1.29 is 0 Å². The van der Waals surface area contributed by atoms with Crippen LogP contribution in [0.25, 0.3) is 10.6 Å². The maximum atomic E-state index is 4.57. The van der Waals surface area contributed by atoms with Crippen molar-refractivity contribution in [2.24, 2.45) is 0 Å². The first-order valence-electron chi connectivity index (χ1n) is 6.91. The summed E-state index contributed by atoms with van der Waals surface area (Å²) in [6.07, 6.45) is 1.76. The summed E-state index contributed by atoms with van der Waals surface area (Å²) >= 11 is 1.59. The maximum Gasteiger partial charge on any atom is 0.227 e. The molecule has 2 heterocycles. The fraction of sp³-hybridized carbons (Fsp3) is 0.188. The fourth-order valence-corrected chi connectivity index (χ4v) is 2.84. The Morgan fingerprint density at radius 2 is 1.82 bits per heavy atom. The summed E-state index contributed by atoms with van der Waals surface area (Å²) in [6, 6.07) is 10.0. The van der Waals surface area contributed by atoms with E-state index in [4.69, 9.17) is 0 Å². The predicted octanol–water partition coefficient (Wildman–Crippen LogP) is 3.72. The van der Waals surface area contributed by atoms with Gasteiger partial charge in [-0.3, -0.25) is 0 Å². The van der Waals surface area contributed by atoms with E-state index in [1.165, 1.54) is 0 Å². The molecule has 0 aliphatic rings. The predicted molar refractivity (Wildman–Crippen MR) is 91.9 cm³/mol. The van der Waals surface area contributed by atoms with Gasteiger partial charge in [0.2, 0.25) is 5.95 Å². The SMILES string of the molecule is Cc1ncsc1-c1ccnc(Nc2ccc(N(C)C)cc2)n1. The van der Waals surface area contributed by atoms with Gasteiger partial charge in [-0.25, -0.2) is 15.0 Å². The summed E-state index contributed by atoms with van der Waals surface area (Å²) in [5.41, 5.74) is 5.83. The number of anilines is 3. The molecule has 3 aromatic rings. The average Bonchev–Trinajstić information content (AvgIpc) is 2.94. The van der Waals surface area contributed by atoms with Gasteiger partial charge in [0.05, 0.1) is 21.8 Å². The molecule has 0 aliphatic carbocycles. The number of thiazole rings is 1. The number of nitrogens with one attached hydrogen (secondary N) is 1. The molecular formula is C16H17N5S. The summed E-state index contributed by atoms with van der Waals surface area (Å²) in [5, 5.41) is 3.24. The Kier molecular flexibility index (Phi) is 4.02. The zero-order chi connectivity index (χ0) is 15.5. The molecule has 22 heavy (non-hydrogen) atoms. The Morgan fingerprint density at radius 3 is 2.45 bits per heavy atom. The van der Waals surface area contributed by atoms with Crippen LogP contribution in [-0.4, -0.2) is 29.0 Å². The van der Waals surface area contributed by atoms with Crippen LogP contribution >= 0.6 is 11.3 Å². The molecule has 112 valence electrons. The molecule has 0 fully saturated rings. The second-order valence-electron chi connectivity index (χ2n) is 5.10. The van der Waals surface area contributed by atoms with Gasteiger partial charge in [-0.15, -0.1) is 11.3 Å². The monoisotopic (exact) mass is 311 g/mol. The average molecular weight is 311 g/mol. The molecule has 0 saturated carbocycles. The van der Waals surface area contributed by atoms with Gasteiger partial charge in [-0.05, 0) is 37.3 Å². The molecule has 0 saturated heterocycles. The second kappa shape index (κ2) is 6.11. The van der Waals surface area contributed by atoms with Gasteiger partial charge in [0.1, 0.15) is 0 Å². The van der Waals surface area contributed by atoms with Crippen LogP contribution in [0.15, 0.2) is 42.0 Å². The Bertz CT molecular complexity index is 764. The second-order valence-corrected chi connectivity index (χ2v) is 5.95. The lowest BCUT2D eigenvalue weighted by Crippen LogP contribution is -2.08. The van der Waals surface area contributed by atoms with Crippen molar-refractivity contribution in [3.05, 3.63) is 47.7 Å². The Hall–Kier alpha value is -2.47. The zero-order valence-electron chi connectivity index (χ0n) is 12.7. The molecule has 0 amide bonds. The van der Waals surface area contributed by atoms with E-state index in [1.54, 1.807) is 17.5 Å². The van der Waals surface area contributed by atoms with Crippen LogP contribution in [0.4, 0.5) is 17.3 Å². The number of aryl methyl sites for hydroxylation is 1. The van der Waals surface area contributed by atoms with Crippen LogP contribution in [-0.2, 0) is 0 Å². The number of benzene rings is 1. The first-order chi connectivity index (χ1) is 10.6. The van der Waals surface area contributed by atoms with Crippen LogP contribution in [0.2, 0.25) is 0 Å². The van der Waals surface area contributed by atoms with Crippen molar-refractivity contribution in [2.75, 3.05) is 24.3 Å². The molecule has 1 aromatic carbocycles. The highest BCUT2D eigenvalue weighted by atomic mass is 32.1. The van der Waals surface area contributed by atoms with Crippen LogP contribution in [0.5, 0.6) is 0 Å². The highest BCUT2D eigenvalue weighted by Crippen LogP contribution is 2.26. The molecule has 0 unspecified atom stereocenters. The fourth-order valence-electron chi connectivity index (χ4n) is 2.07. The van der Waals surface area contributed by atoms with Crippen LogP contribution in [0.3, 0.4) is 0 Å². The third-order valence-corrected chi connectivity index (χ3v) is 4.22. The molecule has 0 radical (unpaired) electrons. The number of hydrogen-bond acceptors (Lipinski definition) is 6. The van der Waals surface area contributed by atoms with E-state index in [1.807, 2.05) is 44.7 Å². The number of hydrogen-bond donors (Lipinski definition) is 1. The zero-order valence-corrected chi connectivity index (χ0v) is 13.6. The first-order valence-corrected chi connectivity index (χ1v) is 7.79. The molecule has 5 nitrogen and oxygen atoms in total. The quantitative estimate of drug-likeness (QED) is 0.796. The normalized spacial score (nSPS) is 10.5. The minimum atomic E-state index is 0.586. The van der Waals surface area contributed by atoms with Gasteiger partial charge >= 0.3 is 0 Å². The van der Waals surface area contributed by atoms with Crippen molar-refractivity contribution in [1.29, 1.82) is 0 Å². The maximum absolute atomic E-state index is 4.57. The Morgan fingerprint density at radius 1 is 1.05 bits per heavy atom. The lowest BCUT2D eigenvalue weighted by molar-refractivity contribution is 1.13. The summed E-state index contributed by atoms with van der Waals surface area (Å²) in [6.45, 7) is 1.99. The first kappa shape index (κ1) is 14.5. The van der Waals surface area contributed by atoms with E-state index in [0.29, 0.717) is 5.95 Å². The van der Waals surface area contributed by atoms with Gasteiger partial charge in [0, 0.05) is 31.7 Å². The topological polar surface area (TPSA) is 53.9 Å². The largest absolute Gasteiger partial charge is 0.378 e. The van der Waals surface area contributed by atoms with Crippen LogP contribution in [0.1, 0.15) is 5.69 Å². The van der Waals surface area contributed by atoms with Gasteiger partial charge < -0.3 is 10.2 Å². The van der Waals surface area contributed by atoms with Crippen LogP contribution < -0.4 is 10.2 Å². The molecular weight excluding hydrogens is 294 g/mol. The van der Waals surface area contributed by atoms with Crippen LogP contribution in [0, 0.1) is 6.92 Å². The summed E-state index contributed by atoms with van der Waals surface area (Å²) in [7, 11) is 4.04. The third kappa shape index (κ3) is 3.07. The molecule has 6 heteroatoms. The van der Waals surface area contributed by atoms with Gasteiger partial charge in [-0.2, -0.15) is 0 Å². The van der Waals surface area contributed by atoms with E-state index in [-0.39, 0.29) is 0 Å². The lowest BCUT2D eigenvalue weighted by Gasteiger charge is -2.13. The van der Waals surface area contributed by atoms with Crippen molar-refractivity contribution in [2.45, 2.75) is 6.92 Å². The van der Waals surface area contributed by atoms with Gasteiger partial charge in [-0.1, -0.05) is 0 Å². The summed E-state index contributed by atoms with van der Waals surface area (Å²) in [4.78, 5) is 16.3. The molecule has 1 N–H and O–H groups in total. The molecule has 0 aliphatic heterocycles. The van der Waals surface area contributed by atoms with Gasteiger partial charge in [0.15, 0.2) is 0 Å². The highest BCUT2D eigenvalue weighted by molar-refractivity contribution is 7.13. The standard InChI is InChI=1S/C16H17N5S/c1-11-15(22-10-18-11)14-8-9-17-16(20-14)19-12-4-6-13(7-5-12)21(2)3/h4-10H,1-3H3,(H,17,19,20). The molecule has 2 aromatic heterocycles. The minimum absolute atomic E-state index is 0.586. The van der Waals surface area contributed by atoms with Crippen molar-refractivity contribution in [1.82, 2.24) is 15.0 Å². The lowest BCUT2D eigenvalue weighted by atomic mass is 10.2. The summed E-state index contributed by atoms with van der Waals surface area (Å²) in [5.74, 6) is 0.586. The van der Waals surface area contributed by atoms with E-state index >= 15 is 0 Å². The third-order valence-electron chi connectivity index (χ3n) is 3.27. The molecule has 0 atom stereocenters.